The van der Waals surface area contributed by atoms with E-state index in [1.165, 1.54) is 36.3 Å². The molecule has 8 nitrogen and oxygen atoms in total. The van der Waals surface area contributed by atoms with E-state index in [2.05, 4.69) is 9.72 Å². The van der Waals surface area contributed by atoms with E-state index in [1.54, 1.807) is 15.7 Å². The average Bonchev–Trinajstić information content (AvgIpc) is 3.10. The van der Waals surface area contributed by atoms with Gasteiger partial charge in [0.1, 0.15) is 35.6 Å². The fourth-order valence-electron chi connectivity index (χ4n) is 4.60. The molecule has 0 radical (unpaired) electrons. The molecule has 2 unspecified atom stereocenters. The highest BCUT2D eigenvalue weighted by Crippen LogP contribution is 2.47. The van der Waals surface area contributed by atoms with Crippen LogP contribution in [0.2, 0.25) is 0 Å². The zero-order chi connectivity index (χ0) is 27.0. The summed E-state index contributed by atoms with van der Waals surface area (Å²) in [5.41, 5.74) is -1.95. The van der Waals surface area contributed by atoms with Crippen molar-refractivity contribution in [1.29, 1.82) is 0 Å². The number of hydrogen-bond donors (Lipinski definition) is 0. The van der Waals surface area contributed by atoms with Gasteiger partial charge in [-0.15, -0.1) is 13.2 Å². The van der Waals surface area contributed by atoms with Gasteiger partial charge >= 0.3 is 6.36 Å². The standard InChI is InChI=1S/C22H23B2F5N2O6/c1-33-18-16(34-6-7-35-22(27,28)29)3-2-15(30-18)19(32)31-5-4-20(12-8-13(25)10-14(26)9-12)17(11-31)36-21(23,24)37-20/h2-3,8-10,17H,4-7,11,23-24H2,1H3. The third kappa shape index (κ3) is 5.99. The Hall–Kier alpha value is -2.90. The molecular formula is C22H23B2F5N2O6. The van der Waals surface area contributed by atoms with Gasteiger partial charge in [0.2, 0.25) is 0 Å². The molecule has 2 atom stereocenters. The molecule has 2 aliphatic rings. The Balaban J connectivity index is 1.50. The zero-order valence-electron chi connectivity index (χ0n) is 20.2. The minimum absolute atomic E-state index is 0.00165. The van der Waals surface area contributed by atoms with Crippen LogP contribution >= 0.6 is 0 Å². The van der Waals surface area contributed by atoms with Crippen molar-refractivity contribution in [3.8, 4) is 11.6 Å². The monoisotopic (exact) mass is 528 g/mol. The summed E-state index contributed by atoms with van der Waals surface area (Å²) < 4.78 is 90.6. The molecule has 37 heavy (non-hydrogen) atoms. The summed E-state index contributed by atoms with van der Waals surface area (Å²) in [4.78, 5) is 18.9. The summed E-state index contributed by atoms with van der Waals surface area (Å²) in [5, 5.41) is 0. The van der Waals surface area contributed by atoms with Crippen molar-refractivity contribution in [3.05, 3.63) is 53.2 Å². The number of amides is 1. The maximum absolute atomic E-state index is 14.0. The van der Waals surface area contributed by atoms with Crippen molar-refractivity contribution in [2.75, 3.05) is 33.4 Å². The maximum atomic E-state index is 14.0. The normalized spacial score (nSPS) is 23.0. The quantitative estimate of drug-likeness (QED) is 0.305. The SMILES string of the molecule is BC1(B)OC2CN(C(=O)c3ccc(OCCOC(F)(F)F)c(OC)n3)CCC2(c2cc(F)cc(F)c2)O1. The second-order valence-electron chi connectivity index (χ2n) is 9.00. The van der Waals surface area contributed by atoms with Gasteiger partial charge in [-0.2, -0.15) is 0 Å². The van der Waals surface area contributed by atoms with Crippen molar-refractivity contribution in [1.82, 2.24) is 9.88 Å². The predicted octanol–water partition coefficient (Wildman–Crippen LogP) is 1.32. The van der Waals surface area contributed by atoms with Gasteiger partial charge in [0.25, 0.3) is 11.8 Å². The molecule has 2 aromatic rings. The number of alkyl halides is 3. The molecular weight excluding hydrogens is 505 g/mol. The molecule has 1 aromatic heterocycles. The fourth-order valence-corrected chi connectivity index (χ4v) is 4.60. The van der Waals surface area contributed by atoms with Gasteiger partial charge in [-0.25, -0.2) is 13.8 Å². The lowest BCUT2D eigenvalue weighted by Gasteiger charge is -2.42. The number of ether oxygens (including phenoxy) is 5. The highest BCUT2D eigenvalue weighted by atomic mass is 19.4. The molecule has 2 saturated heterocycles. The van der Waals surface area contributed by atoms with Gasteiger partial charge in [0, 0.05) is 19.0 Å². The van der Waals surface area contributed by atoms with Crippen LogP contribution in [0.3, 0.4) is 0 Å². The summed E-state index contributed by atoms with van der Waals surface area (Å²) in [6.45, 7) is -0.937. The number of aromatic nitrogens is 1. The second-order valence-corrected chi connectivity index (χ2v) is 9.00. The van der Waals surface area contributed by atoms with Gasteiger partial charge in [-0.05, 0) is 29.8 Å². The number of pyridine rings is 1. The van der Waals surface area contributed by atoms with Crippen LogP contribution in [-0.2, 0) is 19.8 Å². The maximum Gasteiger partial charge on any atom is 0.522 e. The smallest absolute Gasteiger partial charge is 0.486 e. The van der Waals surface area contributed by atoms with Crippen LogP contribution in [-0.4, -0.2) is 82.9 Å². The fraction of sp³-hybridized carbons (Fsp3) is 0.455. The van der Waals surface area contributed by atoms with Gasteiger partial charge in [0.05, 0.1) is 25.8 Å². The highest BCUT2D eigenvalue weighted by molar-refractivity contribution is 6.38. The van der Waals surface area contributed by atoms with E-state index >= 15 is 0 Å². The Labute approximate surface area is 210 Å². The summed E-state index contributed by atoms with van der Waals surface area (Å²) >= 11 is 0. The Morgan fingerprint density at radius 3 is 2.54 bits per heavy atom. The van der Waals surface area contributed by atoms with E-state index in [0.717, 1.165) is 6.07 Å². The molecule has 3 heterocycles. The molecule has 0 bridgehead atoms. The number of rotatable bonds is 7. The Morgan fingerprint density at radius 2 is 1.89 bits per heavy atom. The van der Waals surface area contributed by atoms with Crippen LogP contribution in [0.15, 0.2) is 30.3 Å². The van der Waals surface area contributed by atoms with Crippen molar-refractivity contribution in [3.63, 3.8) is 0 Å². The first kappa shape index (κ1) is 27.1. The third-order valence-corrected chi connectivity index (χ3v) is 6.00. The largest absolute Gasteiger partial charge is 0.522 e. The first-order valence-corrected chi connectivity index (χ1v) is 11.3. The molecule has 0 spiro atoms. The molecule has 1 amide bonds. The molecule has 2 fully saturated rings. The van der Waals surface area contributed by atoms with Crippen molar-refractivity contribution >= 4 is 21.6 Å². The average molecular weight is 528 g/mol. The van der Waals surface area contributed by atoms with E-state index in [9.17, 15) is 26.7 Å². The van der Waals surface area contributed by atoms with Gasteiger partial charge < -0.3 is 23.8 Å². The van der Waals surface area contributed by atoms with Gasteiger partial charge in [-0.3, -0.25) is 9.53 Å². The van der Waals surface area contributed by atoms with E-state index in [1.807, 2.05) is 0 Å². The van der Waals surface area contributed by atoms with Crippen LogP contribution in [0.1, 0.15) is 22.5 Å². The number of carbonyl (C=O) groups is 1. The molecule has 15 heteroatoms. The second kappa shape index (κ2) is 10.1. The third-order valence-electron chi connectivity index (χ3n) is 6.00. The minimum atomic E-state index is -4.78. The Morgan fingerprint density at radius 1 is 1.19 bits per heavy atom. The molecule has 198 valence electrons. The van der Waals surface area contributed by atoms with Crippen LogP contribution in [0.4, 0.5) is 22.0 Å². The number of piperidine rings is 1. The molecule has 2 aliphatic heterocycles. The summed E-state index contributed by atoms with van der Waals surface area (Å²) in [6.07, 6.45) is -5.30. The predicted molar refractivity (Wildman–Crippen MR) is 123 cm³/mol. The summed E-state index contributed by atoms with van der Waals surface area (Å²) in [5.74, 6) is -2.04. The van der Waals surface area contributed by atoms with Crippen LogP contribution < -0.4 is 9.47 Å². The number of hydrogen-bond acceptors (Lipinski definition) is 7. The number of halogens is 5. The van der Waals surface area contributed by atoms with E-state index in [4.69, 9.17) is 18.9 Å². The Kier molecular flexibility index (Phi) is 7.41. The lowest BCUT2D eigenvalue weighted by Crippen LogP contribution is -2.53. The number of carbonyl (C=O) groups excluding carboxylic acids is 1. The topological polar surface area (TPSA) is 79.4 Å². The number of likely N-dealkylation sites (tertiary alicyclic amines) is 1. The van der Waals surface area contributed by atoms with Crippen molar-refractivity contribution < 1.29 is 50.4 Å². The lowest BCUT2D eigenvalue weighted by atomic mass is 9.76. The van der Waals surface area contributed by atoms with E-state index in [-0.39, 0.29) is 42.4 Å². The zero-order valence-corrected chi connectivity index (χ0v) is 20.2. The molecule has 4 rings (SSSR count). The summed E-state index contributed by atoms with van der Waals surface area (Å²) in [6, 6.07) is 5.87. The summed E-state index contributed by atoms with van der Waals surface area (Å²) in [7, 11) is 4.63. The van der Waals surface area contributed by atoms with Crippen molar-refractivity contribution in [2.24, 2.45) is 0 Å². The number of benzene rings is 1. The van der Waals surface area contributed by atoms with Crippen LogP contribution in [0.5, 0.6) is 11.6 Å². The molecule has 0 saturated carbocycles. The molecule has 1 aromatic carbocycles. The minimum Gasteiger partial charge on any atom is -0.486 e. The molecule has 0 aliphatic carbocycles. The van der Waals surface area contributed by atoms with Gasteiger partial charge in [-0.1, -0.05) is 0 Å². The number of fused-ring (bicyclic) bond motifs is 1. The number of nitrogens with zero attached hydrogens (tertiary/aromatic N) is 2. The van der Waals surface area contributed by atoms with E-state index in [0.29, 0.717) is 0 Å². The van der Waals surface area contributed by atoms with Gasteiger partial charge in [0.15, 0.2) is 21.4 Å². The van der Waals surface area contributed by atoms with E-state index < -0.39 is 54.4 Å². The first-order valence-electron chi connectivity index (χ1n) is 11.3. The number of methoxy groups -OCH3 is 1. The van der Waals surface area contributed by atoms with Crippen molar-refractivity contribution in [2.45, 2.75) is 30.1 Å². The Bertz CT molecular complexity index is 1150. The first-order chi connectivity index (χ1) is 17.3. The lowest BCUT2D eigenvalue weighted by molar-refractivity contribution is -0.325. The van der Waals surface area contributed by atoms with Crippen LogP contribution in [0.25, 0.3) is 0 Å². The molecule has 0 N–H and O–H groups in total. The highest BCUT2D eigenvalue weighted by Gasteiger charge is 2.57. The van der Waals surface area contributed by atoms with Crippen LogP contribution in [0, 0.1) is 11.6 Å².